The molecule has 0 aromatic rings. The number of alkyl carbamates (subject to hydrolysis) is 1. The molecule has 0 saturated carbocycles. The molecule has 0 aliphatic carbocycles. The number of nitrogens with two attached hydrogens (primary N) is 1. The summed E-state index contributed by atoms with van der Waals surface area (Å²) in [6.07, 6.45) is 1.05. The molecule has 110 valence electrons. The topological polar surface area (TPSA) is 84.7 Å². The lowest BCUT2D eigenvalue weighted by Crippen LogP contribution is -2.51. The molecule has 6 heteroatoms. The fraction of sp³-hybridized carbons (Fsp3) is 0.846. The molecule has 0 aromatic heterocycles. The second-order valence-corrected chi connectivity index (χ2v) is 6.03. The van der Waals surface area contributed by atoms with Crippen molar-refractivity contribution < 1.29 is 14.3 Å². The van der Waals surface area contributed by atoms with Crippen molar-refractivity contribution in [2.24, 2.45) is 5.73 Å². The van der Waals surface area contributed by atoms with Gasteiger partial charge in [-0.05, 0) is 40.5 Å². The maximum atomic E-state index is 12.1. The minimum atomic E-state index is -0.579. The molecule has 3 N–H and O–H groups in total. The quantitative estimate of drug-likeness (QED) is 0.779. The number of rotatable bonds is 2. The molecule has 1 aliphatic rings. The first-order chi connectivity index (χ1) is 8.69. The Hall–Kier alpha value is -1.30. The van der Waals surface area contributed by atoms with Crippen molar-refractivity contribution in [3.63, 3.8) is 0 Å². The van der Waals surface area contributed by atoms with Gasteiger partial charge in [0.2, 0.25) is 5.91 Å². The van der Waals surface area contributed by atoms with Crippen LogP contribution in [0.1, 0.15) is 40.5 Å². The number of carbonyl (C=O) groups excluding carboxylic acids is 2. The Bertz CT molecular complexity index is 331. The molecule has 0 bridgehead atoms. The average Bonchev–Trinajstić information content (AvgIpc) is 2.26. The minimum absolute atomic E-state index is 0.0854. The third kappa shape index (κ3) is 5.46. The number of piperidine rings is 1. The summed E-state index contributed by atoms with van der Waals surface area (Å²) in [6.45, 7) is 8.32. The van der Waals surface area contributed by atoms with E-state index in [2.05, 4.69) is 5.32 Å². The van der Waals surface area contributed by atoms with Crippen LogP contribution in [-0.4, -0.2) is 47.7 Å². The number of hydrogen-bond acceptors (Lipinski definition) is 4. The van der Waals surface area contributed by atoms with Gasteiger partial charge in [-0.1, -0.05) is 0 Å². The Balaban J connectivity index is 2.42. The highest BCUT2D eigenvalue weighted by Gasteiger charge is 2.26. The molecule has 1 saturated heterocycles. The summed E-state index contributed by atoms with van der Waals surface area (Å²) in [5, 5.41) is 2.56. The van der Waals surface area contributed by atoms with Crippen LogP contribution in [0.25, 0.3) is 0 Å². The monoisotopic (exact) mass is 271 g/mol. The lowest BCUT2D eigenvalue weighted by Gasteiger charge is -2.32. The highest BCUT2D eigenvalue weighted by molar-refractivity contribution is 5.85. The van der Waals surface area contributed by atoms with Crippen molar-refractivity contribution >= 4 is 12.0 Å². The van der Waals surface area contributed by atoms with Crippen LogP contribution in [0, 0.1) is 0 Å². The maximum absolute atomic E-state index is 12.1. The molecule has 0 unspecified atom stereocenters. The zero-order valence-corrected chi connectivity index (χ0v) is 12.2. The van der Waals surface area contributed by atoms with E-state index in [0.717, 1.165) is 12.8 Å². The van der Waals surface area contributed by atoms with Gasteiger partial charge in [0.1, 0.15) is 11.6 Å². The van der Waals surface area contributed by atoms with Crippen LogP contribution in [0.3, 0.4) is 0 Å². The summed E-state index contributed by atoms with van der Waals surface area (Å²) in [4.78, 5) is 25.4. The summed E-state index contributed by atoms with van der Waals surface area (Å²) in [6, 6.07) is -0.401. The largest absolute Gasteiger partial charge is 0.444 e. The molecular weight excluding hydrogens is 246 g/mol. The van der Waals surface area contributed by atoms with Crippen LogP contribution >= 0.6 is 0 Å². The highest BCUT2D eigenvalue weighted by atomic mass is 16.6. The van der Waals surface area contributed by atoms with Crippen molar-refractivity contribution in [2.75, 3.05) is 13.1 Å². The van der Waals surface area contributed by atoms with Gasteiger partial charge in [-0.15, -0.1) is 0 Å². The molecule has 1 atom stereocenters. The highest BCUT2D eigenvalue weighted by Crippen LogP contribution is 2.10. The molecule has 0 radical (unpaired) electrons. The Morgan fingerprint density at radius 1 is 1.32 bits per heavy atom. The smallest absolute Gasteiger partial charge is 0.408 e. The first-order valence-electron chi connectivity index (χ1n) is 6.73. The first kappa shape index (κ1) is 15.8. The Kier molecular flexibility index (Phi) is 5.17. The number of amides is 2. The van der Waals surface area contributed by atoms with Crippen molar-refractivity contribution in [2.45, 2.75) is 58.2 Å². The molecule has 0 aromatic carbocycles. The summed E-state index contributed by atoms with van der Waals surface area (Å²) in [7, 11) is 0. The van der Waals surface area contributed by atoms with E-state index in [4.69, 9.17) is 10.5 Å². The Morgan fingerprint density at radius 2 is 1.84 bits per heavy atom. The summed E-state index contributed by atoms with van der Waals surface area (Å²) in [5.74, 6) is -0.0854. The molecule has 19 heavy (non-hydrogen) atoms. The van der Waals surface area contributed by atoms with E-state index < -0.39 is 17.7 Å². The van der Waals surface area contributed by atoms with Crippen LogP contribution in [0.4, 0.5) is 4.79 Å². The van der Waals surface area contributed by atoms with Crippen LogP contribution in [0.5, 0.6) is 0 Å². The third-order valence-corrected chi connectivity index (χ3v) is 2.95. The van der Waals surface area contributed by atoms with E-state index in [1.54, 1.807) is 32.6 Å². The van der Waals surface area contributed by atoms with Crippen LogP contribution < -0.4 is 11.1 Å². The van der Waals surface area contributed by atoms with Crippen molar-refractivity contribution in [3.8, 4) is 0 Å². The Labute approximate surface area is 114 Å². The van der Waals surface area contributed by atoms with E-state index >= 15 is 0 Å². The second-order valence-electron chi connectivity index (χ2n) is 6.03. The van der Waals surface area contributed by atoms with Gasteiger partial charge >= 0.3 is 6.09 Å². The van der Waals surface area contributed by atoms with Gasteiger partial charge in [-0.2, -0.15) is 0 Å². The first-order valence-corrected chi connectivity index (χ1v) is 6.73. The number of likely N-dealkylation sites (tertiary alicyclic amines) is 1. The number of nitrogens with one attached hydrogen (secondary N) is 1. The minimum Gasteiger partial charge on any atom is -0.444 e. The predicted molar refractivity (Wildman–Crippen MR) is 72.6 cm³/mol. The van der Waals surface area contributed by atoms with E-state index in [9.17, 15) is 9.59 Å². The van der Waals surface area contributed by atoms with E-state index in [-0.39, 0.29) is 11.9 Å². The summed E-state index contributed by atoms with van der Waals surface area (Å²) < 4.78 is 5.12. The van der Waals surface area contributed by atoms with Gasteiger partial charge in [0.25, 0.3) is 0 Å². The van der Waals surface area contributed by atoms with Crippen molar-refractivity contribution in [3.05, 3.63) is 0 Å². The lowest BCUT2D eigenvalue weighted by atomic mass is 10.1. The number of carbonyl (C=O) groups is 2. The number of nitrogens with zero attached hydrogens (tertiary/aromatic N) is 1. The molecular formula is C13H25N3O3. The summed E-state index contributed by atoms with van der Waals surface area (Å²) >= 11 is 0. The molecule has 1 rings (SSSR count). The average molecular weight is 271 g/mol. The standard InChI is InChI=1S/C13H25N3O3/c1-9(15-12(18)19-13(2,3)4)11(17)16-7-5-10(14)6-8-16/h9-10H,5-8,14H2,1-4H3,(H,15,18)/t9-/m0/s1. The molecule has 2 amide bonds. The predicted octanol–water partition coefficient (Wildman–Crippen LogP) is 0.849. The van der Waals surface area contributed by atoms with E-state index in [1.807, 2.05) is 0 Å². The summed E-state index contributed by atoms with van der Waals surface area (Å²) in [5.41, 5.74) is 5.23. The van der Waals surface area contributed by atoms with Crippen LogP contribution in [-0.2, 0) is 9.53 Å². The van der Waals surface area contributed by atoms with Gasteiger partial charge in [-0.3, -0.25) is 4.79 Å². The van der Waals surface area contributed by atoms with Crippen LogP contribution in [0.2, 0.25) is 0 Å². The second kappa shape index (κ2) is 6.23. The lowest BCUT2D eigenvalue weighted by molar-refractivity contribution is -0.134. The van der Waals surface area contributed by atoms with Gasteiger partial charge in [0.15, 0.2) is 0 Å². The van der Waals surface area contributed by atoms with Crippen LogP contribution in [0.15, 0.2) is 0 Å². The zero-order valence-electron chi connectivity index (χ0n) is 12.2. The molecule has 1 fully saturated rings. The van der Waals surface area contributed by atoms with Gasteiger partial charge in [0.05, 0.1) is 0 Å². The van der Waals surface area contributed by atoms with Gasteiger partial charge < -0.3 is 20.7 Å². The van der Waals surface area contributed by atoms with E-state index in [1.165, 1.54) is 0 Å². The van der Waals surface area contributed by atoms with Crippen molar-refractivity contribution in [1.82, 2.24) is 10.2 Å². The number of hydrogen-bond donors (Lipinski definition) is 2. The molecule has 6 nitrogen and oxygen atoms in total. The molecule has 0 spiro atoms. The maximum Gasteiger partial charge on any atom is 0.408 e. The van der Waals surface area contributed by atoms with Crippen molar-refractivity contribution in [1.29, 1.82) is 0 Å². The normalized spacial score (nSPS) is 18.9. The fourth-order valence-corrected chi connectivity index (χ4v) is 1.94. The zero-order chi connectivity index (χ0) is 14.6. The Morgan fingerprint density at radius 3 is 2.32 bits per heavy atom. The number of ether oxygens (including phenoxy) is 1. The van der Waals surface area contributed by atoms with E-state index in [0.29, 0.717) is 13.1 Å². The molecule has 1 aliphatic heterocycles. The third-order valence-electron chi connectivity index (χ3n) is 2.95. The van der Waals surface area contributed by atoms with Gasteiger partial charge in [-0.25, -0.2) is 4.79 Å². The van der Waals surface area contributed by atoms with Gasteiger partial charge in [0, 0.05) is 19.1 Å². The SMILES string of the molecule is C[C@H](NC(=O)OC(C)(C)C)C(=O)N1CCC(N)CC1. The molecule has 1 heterocycles. The fourth-order valence-electron chi connectivity index (χ4n) is 1.94.